The van der Waals surface area contributed by atoms with Crippen LogP contribution in [0.2, 0.25) is 0 Å². The summed E-state index contributed by atoms with van der Waals surface area (Å²) in [6, 6.07) is 27.4. The predicted molar refractivity (Wildman–Crippen MR) is 140 cm³/mol. The fourth-order valence-electron chi connectivity index (χ4n) is 4.06. The highest BCUT2D eigenvalue weighted by Crippen LogP contribution is 2.24. The maximum Gasteiger partial charge on any atom is 0.241 e. The Bertz CT molecular complexity index is 1530. The average molecular weight is 477 g/mol. The van der Waals surface area contributed by atoms with Crippen LogP contribution in [-0.4, -0.2) is 15.9 Å². The highest BCUT2D eigenvalue weighted by molar-refractivity contribution is 5.83. The molecular weight excluding hydrogens is 451 g/mol. The van der Waals surface area contributed by atoms with Crippen LogP contribution in [0, 0.1) is 12.7 Å². The maximum absolute atomic E-state index is 13.5. The van der Waals surface area contributed by atoms with Crippen LogP contribution < -0.4 is 11.1 Å². The summed E-state index contributed by atoms with van der Waals surface area (Å²) in [5, 5.41) is 3.89. The lowest BCUT2D eigenvalue weighted by molar-refractivity contribution is -0.122. The second-order valence-corrected chi connectivity index (χ2v) is 8.72. The van der Waals surface area contributed by atoms with Crippen molar-refractivity contribution in [3.63, 3.8) is 0 Å². The average Bonchev–Trinajstić information content (AvgIpc) is 2.93. The minimum absolute atomic E-state index is 0.216. The number of halogens is 1. The van der Waals surface area contributed by atoms with Crippen molar-refractivity contribution < 1.29 is 9.18 Å². The topological polar surface area (TPSA) is 80.9 Å². The van der Waals surface area contributed by atoms with Gasteiger partial charge in [-0.1, -0.05) is 54.6 Å². The van der Waals surface area contributed by atoms with Gasteiger partial charge in [0, 0.05) is 23.7 Å². The van der Waals surface area contributed by atoms with Gasteiger partial charge in [0.15, 0.2) is 5.65 Å². The van der Waals surface area contributed by atoms with Crippen LogP contribution in [-0.2, 0) is 11.3 Å². The lowest BCUT2D eigenvalue weighted by atomic mass is 10.0. The number of benzene rings is 3. The first-order chi connectivity index (χ1) is 17.5. The first-order valence-corrected chi connectivity index (χ1v) is 11.7. The number of carbonyl (C=O) groups excluding carboxylic acids is 1. The molecule has 1 amide bonds. The first-order valence-electron chi connectivity index (χ1n) is 11.7. The van der Waals surface area contributed by atoms with Crippen LogP contribution in [0.4, 0.5) is 4.39 Å². The molecule has 3 N–H and O–H groups in total. The monoisotopic (exact) mass is 476 g/mol. The molecule has 3 aromatic carbocycles. The highest BCUT2D eigenvalue weighted by atomic mass is 19.1. The van der Waals surface area contributed by atoms with E-state index in [0.29, 0.717) is 17.8 Å². The van der Waals surface area contributed by atoms with Gasteiger partial charge >= 0.3 is 0 Å². The van der Waals surface area contributed by atoms with E-state index in [-0.39, 0.29) is 11.7 Å². The van der Waals surface area contributed by atoms with Crippen LogP contribution in [0.1, 0.15) is 22.7 Å². The van der Waals surface area contributed by atoms with Crippen molar-refractivity contribution in [1.82, 2.24) is 15.3 Å². The Morgan fingerprint density at radius 1 is 0.917 bits per heavy atom. The number of rotatable bonds is 6. The van der Waals surface area contributed by atoms with E-state index in [9.17, 15) is 9.18 Å². The van der Waals surface area contributed by atoms with Crippen molar-refractivity contribution in [2.45, 2.75) is 19.5 Å². The first kappa shape index (κ1) is 23.3. The Labute approximate surface area is 208 Å². The molecule has 0 spiro atoms. The van der Waals surface area contributed by atoms with Crippen molar-refractivity contribution in [2.24, 2.45) is 5.73 Å². The summed E-state index contributed by atoms with van der Waals surface area (Å²) in [5.41, 5.74) is 12.9. The van der Waals surface area contributed by atoms with E-state index in [0.717, 1.165) is 38.9 Å². The minimum Gasteiger partial charge on any atom is -0.350 e. The van der Waals surface area contributed by atoms with E-state index >= 15 is 0 Å². The van der Waals surface area contributed by atoms with E-state index in [2.05, 4.69) is 15.3 Å². The summed E-state index contributed by atoms with van der Waals surface area (Å²) in [6.07, 6.45) is 1.72. The largest absolute Gasteiger partial charge is 0.350 e. The zero-order chi connectivity index (χ0) is 25.1. The Morgan fingerprint density at radius 2 is 1.64 bits per heavy atom. The predicted octanol–water partition coefficient (Wildman–Crippen LogP) is 5.73. The van der Waals surface area contributed by atoms with Crippen molar-refractivity contribution in [2.75, 3.05) is 0 Å². The molecule has 5 rings (SSSR count). The molecule has 0 radical (unpaired) electrons. The molecule has 1 atom stereocenters. The Morgan fingerprint density at radius 3 is 2.39 bits per heavy atom. The molecule has 2 heterocycles. The molecule has 0 saturated carbocycles. The summed E-state index contributed by atoms with van der Waals surface area (Å²) in [4.78, 5) is 21.6. The van der Waals surface area contributed by atoms with Crippen LogP contribution in [0.5, 0.6) is 0 Å². The molecule has 5 aromatic rings. The number of carbonyl (C=O) groups is 1. The Balaban J connectivity index is 1.21. The number of nitrogens with zero attached hydrogens (tertiary/aromatic N) is 2. The van der Waals surface area contributed by atoms with Gasteiger partial charge in [0.25, 0.3) is 0 Å². The van der Waals surface area contributed by atoms with E-state index in [1.165, 1.54) is 6.07 Å². The van der Waals surface area contributed by atoms with Crippen LogP contribution in [0.3, 0.4) is 0 Å². The molecule has 2 aromatic heterocycles. The van der Waals surface area contributed by atoms with Crippen LogP contribution in [0.25, 0.3) is 33.4 Å². The number of fused-ring (bicyclic) bond motifs is 1. The summed E-state index contributed by atoms with van der Waals surface area (Å²) >= 11 is 0. The lowest BCUT2D eigenvalue weighted by Gasteiger charge is -2.14. The number of nitrogens with two attached hydrogens (primary N) is 1. The smallest absolute Gasteiger partial charge is 0.241 e. The van der Waals surface area contributed by atoms with Gasteiger partial charge in [-0.3, -0.25) is 4.79 Å². The Hall–Kier alpha value is -4.42. The molecule has 5 nitrogen and oxygen atoms in total. The van der Waals surface area contributed by atoms with Crippen molar-refractivity contribution in [1.29, 1.82) is 0 Å². The van der Waals surface area contributed by atoms with E-state index < -0.39 is 6.04 Å². The maximum atomic E-state index is 13.5. The number of nitrogens with one attached hydrogen (secondary N) is 1. The molecule has 0 bridgehead atoms. The summed E-state index contributed by atoms with van der Waals surface area (Å²) in [5.74, 6) is -0.472. The number of aromatic nitrogens is 2. The molecule has 0 aliphatic heterocycles. The summed E-state index contributed by atoms with van der Waals surface area (Å²) in [7, 11) is 0. The third-order valence-electron chi connectivity index (χ3n) is 6.22. The molecule has 6 heteroatoms. The van der Waals surface area contributed by atoms with Gasteiger partial charge < -0.3 is 11.1 Å². The quantitative estimate of drug-likeness (QED) is 0.328. The van der Waals surface area contributed by atoms with Crippen molar-refractivity contribution >= 4 is 16.9 Å². The highest BCUT2D eigenvalue weighted by Gasteiger charge is 2.16. The molecule has 1 unspecified atom stereocenters. The van der Waals surface area contributed by atoms with Crippen LogP contribution >= 0.6 is 0 Å². The molecule has 178 valence electrons. The van der Waals surface area contributed by atoms with Gasteiger partial charge in [-0.15, -0.1) is 0 Å². The second kappa shape index (κ2) is 10.1. The zero-order valence-corrected chi connectivity index (χ0v) is 19.8. The third kappa shape index (κ3) is 4.99. The second-order valence-electron chi connectivity index (χ2n) is 8.72. The van der Waals surface area contributed by atoms with Gasteiger partial charge in [-0.05, 0) is 71.1 Å². The van der Waals surface area contributed by atoms with E-state index in [1.807, 2.05) is 78.9 Å². The van der Waals surface area contributed by atoms with Gasteiger partial charge in [-0.25, -0.2) is 14.4 Å². The fraction of sp³-hybridized carbons (Fsp3) is 0.100. The summed E-state index contributed by atoms with van der Waals surface area (Å²) < 4.78 is 13.5. The number of pyridine rings is 2. The molecule has 0 saturated heterocycles. The van der Waals surface area contributed by atoms with Crippen molar-refractivity contribution in [3.8, 4) is 22.4 Å². The van der Waals surface area contributed by atoms with E-state index in [4.69, 9.17) is 5.73 Å². The van der Waals surface area contributed by atoms with Gasteiger partial charge in [0.05, 0.1) is 5.69 Å². The normalized spacial score (nSPS) is 11.9. The molecular formula is C30H25FN4O. The molecule has 36 heavy (non-hydrogen) atoms. The third-order valence-corrected chi connectivity index (χ3v) is 6.22. The lowest BCUT2D eigenvalue weighted by Crippen LogP contribution is -2.33. The van der Waals surface area contributed by atoms with Gasteiger partial charge in [-0.2, -0.15) is 0 Å². The molecule has 0 aliphatic carbocycles. The number of aryl methyl sites for hydroxylation is 1. The van der Waals surface area contributed by atoms with E-state index in [1.54, 1.807) is 19.2 Å². The van der Waals surface area contributed by atoms with Gasteiger partial charge in [0.2, 0.25) is 5.91 Å². The fourth-order valence-corrected chi connectivity index (χ4v) is 4.06. The zero-order valence-electron chi connectivity index (χ0n) is 19.8. The van der Waals surface area contributed by atoms with Crippen LogP contribution in [0.15, 0.2) is 97.2 Å². The molecule has 0 fully saturated rings. The minimum atomic E-state index is -0.785. The van der Waals surface area contributed by atoms with Gasteiger partial charge in [0.1, 0.15) is 11.9 Å². The molecule has 0 aliphatic rings. The number of amides is 1. The standard InChI is InChI=1S/C30H25FN4O/c1-19-17-25(12-14-26(19)31)21-6-4-20(5-7-21)18-34-30(36)28(32)23-10-8-22(9-11-23)27-15-13-24-3-2-16-33-29(24)35-27/h2-17,28H,18,32H2,1H3,(H,34,36). The SMILES string of the molecule is Cc1cc(-c2ccc(CNC(=O)C(N)c3ccc(-c4ccc5cccnc5n4)cc3)cc2)ccc1F. The Kier molecular flexibility index (Phi) is 6.52. The number of hydrogen-bond donors (Lipinski definition) is 2. The number of hydrogen-bond acceptors (Lipinski definition) is 4. The van der Waals surface area contributed by atoms with Crippen molar-refractivity contribution in [3.05, 3.63) is 120 Å². The summed E-state index contributed by atoms with van der Waals surface area (Å²) in [6.45, 7) is 2.11.